The van der Waals surface area contributed by atoms with E-state index in [1.54, 1.807) is 6.07 Å². The Morgan fingerprint density at radius 3 is 2.82 bits per heavy atom. The van der Waals surface area contributed by atoms with Crippen LogP contribution in [0.5, 0.6) is 5.75 Å². The number of nitrogens with zero attached hydrogens (tertiary/aromatic N) is 2. The molecule has 0 saturated carbocycles. The number of nitro groups is 1. The maximum absolute atomic E-state index is 10.8. The van der Waals surface area contributed by atoms with E-state index in [2.05, 4.69) is 20.9 Å². The predicted molar refractivity (Wildman–Crippen MR) is 85.0 cm³/mol. The average molecular weight is 363 g/mol. The van der Waals surface area contributed by atoms with Gasteiger partial charge in [-0.05, 0) is 47.1 Å². The summed E-state index contributed by atoms with van der Waals surface area (Å²) in [5, 5.41) is 10.8. The van der Waals surface area contributed by atoms with Crippen LogP contribution in [0.3, 0.4) is 0 Å². The number of non-ortho nitro benzene ring substituents is 1. The molecular weight excluding hydrogens is 352 g/mol. The third kappa shape index (κ3) is 2.67. The van der Waals surface area contributed by atoms with Gasteiger partial charge in [0, 0.05) is 11.6 Å². The zero-order valence-electron chi connectivity index (χ0n) is 11.6. The van der Waals surface area contributed by atoms with Crippen LogP contribution in [0.15, 0.2) is 45.3 Å². The van der Waals surface area contributed by atoms with Gasteiger partial charge in [0.15, 0.2) is 5.58 Å². The van der Waals surface area contributed by atoms with Crippen molar-refractivity contribution in [3.05, 3.63) is 51.0 Å². The lowest BCUT2D eigenvalue weighted by Gasteiger charge is -2.06. The van der Waals surface area contributed by atoms with E-state index in [4.69, 9.17) is 9.15 Å². The minimum absolute atomic E-state index is 0.0249. The second-order valence-corrected chi connectivity index (χ2v) is 5.36. The Balaban J connectivity index is 2.03. The number of oxazole rings is 1. The first-order valence-electron chi connectivity index (χ1n) is 6.56. The normalized spacial score (nSPS) is 10.8. The molecule has 3 rings (SSSR count). The van der Waals surface area contributed by atoms with E-state index < -0.39 is 4.92 Å². The average Bonchev–Trinajstić information content (AvgIpc) is 2.92. The first-order chi connectivity index (χ1) is 10.6. The van der Waals surface area contributed by atoms with Gasteiger partial charge >= 0.3 is 0 Å². The van der Waals surface area contributed by atoms with Gasteiger partial charge in [-0.25, -0.2) is 4.98 Å². The number of aromatic nitrogens is 1. The number of hydrogen-bond acceptors (Lipinski definition) is 5. The fraction of sp³-hybridized carbons (Fsp3) is 0.133. The number of halogens is 1. The molecule has 22 heavy (non-hydrogen) atoms. The van der Waals surface area contributed by atoms with E-state index in [0.29, 0.717) is 23.6 Å². The van der Waals surface area contributed by atoms with Gasteiger partial charge in [0.05, 0.1) is 22.1 Å². The minimum atomic E-state index is -0.463. The highest BCUT2D eigenvalue weighted by Crippen LogP contribution is 2.32. The number of nitro benzene ring substituents is 1. The van der Waals surface area contributed by atoms with Gasteiger partial charge in [-0.3, -0.25) is 10.1 Å². The van der Waals surface area contributed by atoms with Crippen molar-refractivity contribution < 1.29 is 14.1 Å². The summed E-state index contributed by atoms with van der Waals surface area (Å²) in [4.78, 5) is 14.7. The molecule has 0 aliphatic rings. The van der Waals surface area contributed by atoms with Crippen LogP contribution in [0.25, 0.3) is 22.6 Å². The molecule has 0 bridgehead atoms. The molecule has 0 aliphatic heterocycles. The topological polar surface area (TPSA) is 78.4 Å². The molecule has 0 aliphatic carbocycles. The number of ether oxygens (including phenoxy) is 1. The predicted octanol–water partition coefficient (Wildman–Crippen LogP) is 4.56. The van der Waals surface area contributed by atoms with Crippen LogP contribution < -0.4 is 4.74 Å². The lowest BCUT2D eigenvalue weighted by atomic mass is 10.2. The Bertz CT molecular complexity index is 860. The summed E-state index contributed by atoms with van der Waals surface area (Å²) in [5.41, 5.74) is 1.69. The van der Waals surface area contributed by atoms with Crippen LogP contribution in [0.2, 0.25) is 0 Å². The molecule has 6 nitrogen and oxygen atoms in total. The zero-order valence-corrected chi connectivity index (χ0v) is 13.2. The third-order valence-corrected chi connectivity index (χ3v) is 3.68. The summed E-state index contributed by atoms with van der Waals surface area (Å²) in [7, 11) is 0. The molecule has 1 aromatic heterocycles. The molecule has 0 saturated heterocycles. The smallest absolute Gasteiger partial charge is 0.273 e. The van der Waals surface area contributed by atoms with Gasteiger partial charge in [-0.15, -0.1) is 0 Å². The Morgan fingerprint density at radius 2 is 2.14 bits per heavy atom. The molecule has 0 spiro atoms. The van der Waals surface area contributed by atoms with Crippen molar-refractivity contribution in [2.24, 2.45) is 0 Å². The maximum Gasteiger partial charge on any atom is 0.273 e. The largest absolute Gasteiger partial charge is 0.493 e. The van der Waals surface area contributed by atoms with Gasteiger partial charge in [-0.2, -0.15) is 0 Å². The Hall–Kier alpha value is -2.41. The van der Waals surface area contributed by atoms with Crippen molar-refractivity contribution in [3.8, 4) is 17.2 Å². The molecule has 112 valence electrons. The maximum atomic E-state index is 10.8. The number of hydrogen-bond donors (Lipinski definition) is 0. The van der Waals surface area contributed by atoms with E-state index in [1.807, 2.05) is 25.1 Å². The van der Waals surface area contributed by atoms with Gasteiger partial charge in [0.2, 0.25) is 5.89 Å². The van der Waals surface area contributed by atoms with Crippen molar-refractivity contribution in [1.82, 2.24) is 4.98 Å². The molecular formula is C15H11BrN2O4. The molecule has 0 radical (unpaired) electrons. The fourth-order valence-corrected chi connectivity index (χ4v) is 2.55. The lowest BCUT2D eigenvalue weighted by Crippen LogP contribution is -1.92. The van der Waals surface area contributed by atoms with E-state index >= 15 is 0 Å². The summed E-state index contributed by atoms with van der Waals surface area (Å²) >= 11 is 3.44. The Morgan fingerprint density at radius 1 is 1.32 bits per heavy atom. The van der Waals surface area contributed by atoms with E-state index in [1.165, 1.54) is 12.1 Å². The van der Waals surface area contributed by atoms with Crippen molar-refractivity contribution in [3.63, 3.8) is 0 Å². The van der Waals surface area contributed by atoms with Crippen LogP contribution in [-0.2, 0) is 0 Å². The van der Waals surface area contributed by atoms with Crippen LogP contribution in [0, 0.1) is 10.1 Å². The second-order valence-electron chi connectivity index (χ2n) is 4.51. The summed E-state index contributed by atoms with van der Waals surface area (Å²) in [6, 6.07) is 9.83. The summed E-state index contributed by atoms with van der Waals surface area (Å²) in [6.45, 7) is 2.48. The van der Waals surface area contributed by atoms with Gasteiger partial charge in [-0.1, -0.05) is 0 Å². The molecule has 7 heteroatoms. The van der Waals surface area contributed by atoms with Gasteiger partial charge in [0.1, 0.15) is 11.3 Å². The zero-order chi connectivity index (χ0) is 15.7. The van der Waals surface area contributed by atoms with Gasteiger partial charge < -0.3 is 9.15 Å². The third-order valence-electron chi connectivity index (χ3n) is 3.06. The number of benzene rings is 2. The van der Waals surface area contributed by atoms with Crippen LogP contribution in [0.4, 0.5) is 5.69 Å². The highest BCUT2D eigenvalue weighted by Gasteiger charge is 2.14. The van der Waals surface area contributed by atoms with Crippen molar-refractivity contribution in [1.29, 1.82) is 0 Å². The quantitative estimate of drug-likeness (QED) is 0.501. The van der Waals surface area contributed by atoms with Crippen LogP contribution in [0.1, 0.15) is 6.92 Å². The van der Waals surface area contributed by atoms with Crippen molar-refractivity contribution >= 4 is 32.7 Å². The molecule has 1 heterocycles. The second kappa shape index (κ2) is 5.76. The summed E-state index contributed by atoms with van der Waals surface area (Å²) in [5.74, 6) is 1.14. The minimum Gasteiger partial charge on any atom is -0.493 e. The van der Waals surface area contributed by atoms with E-state index in [9.17, 15) is 10.1 Å². The number of rotatable bonds is 4. The first kappa shape index (κ1) is 14.5. The molecule has 0 amide bonds. The Kier molecular flexibility index (Phi) is 3.81. The summed E-state index contributed by atoms with van der Waals surface area (Å²) < 4.78 is 11.9. The molecule has 2 aromatic carbocycles. The van der Waals surface area contributed by atoms with Crippen LogP contribution in [-0.4, -0.2) is 16.5 Å². The standard InChI is InChI=1S/C15H11BrN2O4/c1-2-21-13-6-3-9(7-11(13)16)15-17-12-5-4-10(18(19)20)8-14(12)22-15/h3-8H,2H2,1H3. The van der Waals surface area contributed by atoms with Crippen LogP contribution >= 0.6 is 15.9 Å². The fourth-order valence-electron chi connectivity index (χ4n) is 2.06. The molecule has 0 fully saturated rings. The van der Waals surface area contributed by atoms with Gasteiger partial charge in [0.25, 0.3) is 5.69 Å². The highest BCUT2D eigenvalue weighted by molar-refractivity contribution is 9.10. The molecule has 0 atom stereocenters. The SMILES string of the molecule is CCOc1ccc(-c2nc3ccc([N+](=O)[O-])cc3o2)cc1Br. The molecule has 0 unspecified atom stereocenters. The highest BCUT2D eigenvalue weighted by atomic mass is 79.9. The van der Waals surface area contributed by atoms with Crippen molar-refractivity contribution in [2.75, 3.05) is 6.61 Å². The number of fused-ring (bicyclic) bond motifs is 1. The summed E-state index contributed by atoms with van der Waals surface area (Å²) in [6.07, 6.45) is 0. The van der Waals surface area contributed by atoms with E-state index in [-0.39, 0.29) is 5.69 Å². The Labute approximate surface area is 134 Å². The van der Waals surface area contributed by atoms with Crippen molar-refractivity contribution in [2.45, 2.75) is 6.92 Å². The molecule has 3 aromatic rings. The van der Waals surface area contributed by atoms with E-state index in [0.717, 1.165) is 15.8 Å². The first-order valence-corrected chi connectivity index (χ1v) is 7.35. The lowest BCUT2D eigenvalue weighted by molar-refractivity contribution is -0.384. The monoisotopic (exact) mass is 362 g/mol. The molecule has 0 N–H and O–H groups in total.